The van der Waals surface area contributed by atoms with Crippen LogP contribution in [-0.2, 0) is 10.8 Å². The minimum absolute atomic E-state index is 0.0241. The van der Waals surface area contributed by atoms with E-state index in [-0.39, 0.29) is 10.8 Å². The first-order chi connectivity index (χ1) is 17.3. The molecule has 0 amide bonds. The molecule has 0 N–H and O–H groups in total. The molecule has 0 heterocycles. The van der Waals surface area contributed by atoms with E-state index in [1.807, 2.05) is 0 Å². The Morgan fingerprint density at radius 3 is 1.67 bits per heavy atom. The largest absolute Gasteiger partial charge is 0.0616 e. The van der Waals surface area contributed by atoms with Crippen LogP contribution >= 0.6 is 0 Å². The Morgan fingerprint density at radius 2 is 0.917 bits per heavy atom. The van der Waals surface area contributed by atoms with Gasteiger partial charge in [-0.15, -0.1) is 0 Å². The second-order valence-corrected chi connectivity index (χ2v) is 11.8. The molecule has 8 rings (SSSR count). The highest BCUT2D eigenvalue weighted by Gasteiger charge is 2.42. The summed E-state index contributed by atoms with van der Waals surface area (Å²) in [7, 11) is 0. The summed E-state index contributed by atoms with van der Waals surface area (Å²) in [5.41, 5.74) is 11.4. The van der Waals surface area contributed by atoms with E-state index >= 15 is 0 Å². The number of rotatable bonds is 0. The van der Waals surface area contributed by atoms with Gasteiger partial charge in [0.25, 0.3) is 0 Å². The molecule has 2 aliphatic carbocycles. The van der Waals surface area contributed by atoms with Gasteiger partial charge in [0.15, 0.2) is 0 Å². The molecule has 6 aromatic rings. The normalized spacial score (nSPS) is 16.2. The molecule has 0 bridgehead atoms. The van der Waals surface area contributed by atoms with Crippen molar-refractivity contribution in [2.24, 2.45) is 0 Å². The number of fused-ring (bicyclic) bond motifs is 10. The van der Waals surface area contributed by atoms with Crippen LogP contribution in [0.4, 0.5) is 0 Å². The van der Waals surface area contributed by atoms with E-state index < -0.39 is 0 Å². The molecule has 0 aromatic heterocycles. The van der Waals surface area contributed by atoms with Gasteiger partial charge >= 0.3 is 0 Å². The highest BCUT2D eigenvalue weighted by atomic mass is 14.4. The SMILES string of the molecule is CC1(C)c2cc3c(cc2-c2cc4cc5ccccc5cc4cc21)C(C)(C)c1ccc2ccccc2c1-3. The fourth-order valence-corrected chi connectivity index (χ4v) is 7.17. The van der Waals surface area contributed by atoms with Crippen LogP contribution in [0, 0.1) is 0 Å². The van der Waals surface area contributed by atoms with Gasteiger partial charge < -0.3 is 0 Å². The van der Waals surface area contributed by atoms with Crippen molar-refractivity contribution in [1.82, 2.24) is 0 Å². The number of benzene rings is 6. The van der Waals surface area contributed by atoms with E-state index in [1.165, 1.54) is 76.8 Å². The maximum atomic E-state index is 2.53. The molecule has 36 heavy (non-hydrogen) atoms. The average Bonchev–Trinajstić information content (AvgIpc) is 3.24. The predicted molar refractivity (Wildman–Crippen MR) is 154 cm³/mol. The summed E-state index contributed by atoms with van der Waals surface area (Å²) >= 11 is 0. The highest BCUT2D eigenvalue weighted by molar-refractivity contribution is 6.05. The molecule has 172 valence electrons. The molecule has 2 aliphatic rings. The van der Waals surface area contributed by atoms with E-state index in [2.05, 4.69) is 125 Å². The van der Waals surface area contributed by atoms with Gasteiger partial charge in [-0.2, -0.15) is 0 Å². The lowest BCUT2D eigenvalue weighted by Gasteiger charge is -2.24. The van der Waals surface area contributed by atoms with Crippen molar-refractivity contribution < 1.29 is 0 Å². The lowest BCUT2D eigenvalue weighted by molar-refractivity contribution is 0.652. The van der Waals surface area contributed by atoms with Crippen LogP contribution in [0.15, 0.2) is 97.1 Å². The molecule has 0 radical (unpaired) electrons. The van der Waals surface area contributed by atoms with Gasteiger partial charge in [-0.3, -0.25) is 0 Å². The van der Waals surface area contributed by atoms with Crippen molar-refractivity contribution in [2.75, 3.05) is 0 Å². The monoisotopic (exact) mass is 460 g/mol. The van der Waals surface area contributed by atoms with Crippen LogP contribution < -0.4 is 0 Å². The Labute approximate surface area is 212 Å². The Bertz CT molecular complexity index is 1930. The standard InChI is InChI=1S/C36H28/c1-35(2)30-14-13-21-9-7-8-12-26(21)34(30)29-20-32-28(19-33(29)35)27-17-24-15-22-10-5-6-11-23(22)16-25(24)18-31(27)36(32,3)4/h5-20H,1-4H3. The first-order valence-corrected chi connectivity index (χ1v) is 13.0. The number of hydrogen-bond donors (Lipinski definition) is 0. The summed E-state index contributed by atoms with van der Waals surface area (Å²) in [4.78, 5) is 0. The third kappa shape index (κ3) is 2.40. The molecule has 0 heteroatoms. The zero-order chi connectivity index (χ0) is 24.4. The van der Waals surface area contributed by atoms with Crippen molar-refractivity contribution in [3.8, 4) is 22.3 Å². The Morgan fingerprint density at radius 1 is 0.389 bits per heavy atom. The highest BCUT2D eigenvalue weighted by Crippen LogP contribution is 2.57. The van der Waals surface area contributed by atoms with E-state index in [0.29, 0.717) is 0 Å². The van der Waals surface area contributed by atoms with Crippen molar-refractivity contribution in [2.45, 2.75) is 38.5 Å². The van der Waals surface area contributed by atoms with Gasteiger partial charge in [-0.25, -0.2) is 0 Å². The molecule has 0 unspecified atom stereocenters. The Balaban J connectivity index is 1.44. The molecular formula is C36H28. The predicted octanol–water partition coefficient (Wildman–Crippen LogP) is 9.76. The van der Waals surface area contributed by atoms with E-state index in [0.717, 1.165) is 0 Å². The van der Waals surface area contributed by atoms with Crippen LogP contribution in [0.2, 0.25) is 0 Å². The van der Waals surface area contributed by atoms with E-state index in [4.69, 9.17) is 0 Å². The molecule has 0 fully saturated rings. The quantitative estimate of drug-likeness (QED) is 0.198. The van der Waals surface area contributed by atoms with Crippen LogP contribution in [-0.4, -0.2) is 0 Å². The Hall–Kier alpha value is -3.90. The summed E-state index contributed by atoms with van der Waals surface area (Å²) in [5, 5.41) is 7.96. The van der Waals surface area contributed by atoms with Crippen molar-refractivity contribution >= 4 is 32.3 Å². The molecule has 0 saturated heterocycles. The first-order valence-electron chi connectivity index (χ1n) is 13.0. The summed E-state index contributed by atoms with van der Waals surface area (Å²) in [5.74, 6) is 0. The van der Waals surface area contributed by atoms with Crippen LogP contribution in [0.25, 0.3) is 54.6 Å². The third-order valence-electron chi connectivity index (χ3n) is 9.18. The number of hydrogen-bond acceptors (Lipinski definition) is 0. The van der Waals surface area contributed by atoms with Crippen LogP contribution in [0.5, 0.6) is 0 Å². The lowest BCUT2D eigenvalue weighted by atomic mass is 9.79. The van der Waals surface area contributed by atoms with Crippen LogP contribution in [0.3, 0.4) is 0 Å². The minimum atomic E-state index is -0.0446. The van der Waals surface area contributed by atoms with Gasteiger partial charge in [0, 0.05) is 10.8 Å². The second kappa shape index (κ2) is 6.45. The third-order valence-corrected chi connectivity index (χ3v) is 9.18. The maximum absolute atomic E-state index is 2.53. The van der Waals surface area contributed by atoms with Gasteiger partial charge in [-0.1, -0.05) is 88.4 Å². The molecular weight excluding hydrogens is 432 g/mol. The van der Waals surface area contributed by atoms with E-state index in [9.17, 15) is 0 Å². The minimum Gasteiger partial charge on any atom is -0.0616 e. The van der Waals surface area contributed by atoms with Gasteiger partial charge in [0.05, 0.1) is 0 Å². The van der Waals surface area contributed by atoms with E-state index in [1.54, 1.807) is 0 Å². The average molecular weight is 461 g/mol. The van der Waals surface area contributed by atoms with Gasteiger partial charge in [0.1, 0.15) is 0 Å². The molecule has 0 nitrogen and oxygen atoms in total. The zero-order valence-electron chi connectivity index (χ0n) is 21.2. The molecule has 0 atom stereocenters. The maximum Gasteiger partial charge on any atom is 0.0159 e. The molecule has 0 saturated carbocycles. The summed E-state index contributed by atoms with van der Waals surface area (Å²) in [6.07, 6.45) is 0. The first kappa shape index (κ1) is 20.3. The van der Waals surface area contributed by atoms with Crippen molar-refractivity contribution in [3.63, 3.8) is 0 Å². The summed E-state index contributed by atoms with van der Waals surface area (Å²) < 4.78 is 0. The van der Waals surface area contributed by atoms with Crippen molar-refractivity contribution in [3.05, 3.63) is 119 Å². The molecule has 0 spiro atoms. The smallest absolute Gasteiger partial charge is 0.0159 e. The molecule has 6 aromatic carbocycles. The fourth-order valence-electron chi connectivity index (χ4n) is 7.17. The topological polar surface area (TPSA) is 0 Å². The van der Waals surface area contributed by atoms with Gasteiger partial charge in [0.2, 0.25) is 0 Å². The van der Waals surface area contributed by atoms with Crippen LogP contribution in [0.1, 0.15) is 49.9 Å². The fraction of sp³-hybridized carbons (Fsp3) is 0.167. The molecule has 0 aliphatic heterocycles. The van der Waals surface area contributed by atoms with Gasteiger partial charge in [-0.05, 0) is 113 Å². The van der Waals surface area contributed by atoms with Crippen molar-refractivity contribution in [1.29, 1.82) is 0 Å². The second-order valence-electron chi connectivity index (χ2n) is 11.8. The summed E-state index contributed by atoms with van der Waals surface area (Å²) in [6, 6.07) is 36.9. The Kier molecular flexibility index (Phi) is 3.64. The summed E-state index contributed by atoms with van der Waals surface area (Å²) in [6.45, 7) is 9.60. The zero-order valence-corrected chi connectivity index (χ0v) is 21.2. The lowest BCUT2D eigenvalue weighted by Crippen LogP contribution is -2.17.